The van der Waals surface area contributed by atoms with Crippen molar-refractivity contribution in [2.24, 2.45) is 0 Å². The summed E-state index contributed by atoms with van der Waals surface area (Å²) in [5.41, 5.74) is 3.35. The first kappa shape index (κ1) is 21.2. The number of rotatable bonds is 4. The fourth-order valence-electron chi connectivity index (χ4n) is 4.43. The number of hydrogen-bond donors (Lipinski definition) is 0. The van der Waals surface area contributed by atoms with Crippen LogP contribution in [-0.2, 0) is 18.7 Å². The molecule has 1 aliphatic carbocycles. The van der Waals surface area contributed by atoms with E-state index in [2.05, 4.69) is 10.3 Å². The van der Waals surface area contributed by atoms with Crippen LogP contribution in [0.3, 0.4) is 0 Å². The maximum atomic E-state index is 13.8. The van der Waals surface area contributed by atoms with Crippen LogP contribution in [0.25, 0.3) is 26.8 Å². The van der Waals surface area contributed by atoms with E-state index in [1.807, 2.05) is 43.3 Å². The summed E-state index contributed by atoms with van der Waals surface area (Å²) in [4.78, 5) is 33.7. The molecule has 0 atom stereocenters. The maximum absolute atomic E-state index is 13.8. The lowest BCUT2D eigenvalue weighted by Crippen LogP contribution is -2.25. The second kappa shape index (κ2) is 8.48. The lowest BCUT2D eigenvalue weighted by atomic mass is 9.97. The first-order valence-electron chi connectivity index (χ1n) is 11.2. The van der Waals surface area contributed by atoms with Crippen molar-refractivity contribution in [3.8, 4) is 5.69 Å². The second-order valence-electron chi connectivity index (χ2n) is 8.45. The van der Waals surface area contributed by atoms with Gasteiger partial charge in [-0.25, -0.2) is 4.98 Å². The predicted molar refractivity (Wildman–Crippen MR) is 136 cm³/mol. The molecule has 7 nitrogen and oxygen atoms in total. The average Bonchev–Trinajstić information content (AvgIpc) is 3.23. The van der Waals surface area contributed by atoms with Crippen LogP contribution in [0.2, 0.25) is 0 Å². The smallest absolute Gasteiger partial charge is 0.268 e. The Balaban J connectivity index is 1.49. The number of aryl methyl sites for hydroxylation is 3. The van der Waals surface area contributed by atoms with Crippen molar-refractivity contribution in [2.45, 2.75) is 43.6 Å². The van der Waals surface area contributed by atoms with Gasteiger partial charge in [0.2, 0.25) is 0 Å². The molecule has 1 aliphatic rings. The lowest BCUT2D eigenvalue weighted by molar-refractivity contribution is 0.642. The molecule has 0 amide bonds. The van der Waals surface area contributed by atoms with E-state index in [1.54, 1.807) is 28.0 Å². The highest BCUT2D eigenvalue weighted by atomic mass is 32.2. The highest BCUT2D eigenvalue weighted by Gasteiger charge is 2.23. The van der Waals surface area contributed by atoms with E-state index in [0.717, 1.165) is 52.7 Å². The normalized spacial score (nSPS) is 13.4. The van der Waals surface area contributed by atoms with E-state index in [1.165, 1.54) is 21.3 Å². The standard InChI is InChI=1S/C25H21N5O2S2/c1-15-10-12-16(13-11-15)30-24(32)21-18-7-3-5-9-20(18)34-22(21)26-25(30)33-14-29-23(31)17-6-2-4-8-19(17)27-28-29/h2,4,6,8,10-13H,3,5,7,9,14H2,1H3. The number of hydrogen-bond acceptors (Lipinski definition) is 7. The summed E-state index contributed by atoms with van der Waals surface area (Å²) < 4.78 is 3.00. The van der Waals surface area contributed by atoms with Gasteiger partial charge in [-0.1, -0.05) is 46.8 Å². The van der Waals surface area contributed by atoms with Gasteiger partial charge in [0.05, 0.1) is 22.3 Å². The summed E-state index contributed by atoms with van der Waals surface area (Å²) in [6.07, 6.45) is 4.18. The number of aromatic nitrogens is 5. The van der Waals surface area contributed by atoms with E-state index in [4.69, 9.17) is 4.98 Å². The topological polar surface area (TPSA) is 82.7 Å². The number of nitrogens with zero attached hydrogens (tertiary/aromatic N) is 5. The van der Waals surface area contributed by atoms with Crippen molar-refractivity contribution in [3.63, 3.8) is 0 Å². The van der Waals surface area contributed by atoms with Crippen molar-refractivity contribution >= 4 is 44.2 Å². The monoisotopic (exact) mass is 487 g/mol. The zero-order valence-electron chi connectivity index (χ0n) is 18.5. The first-order chi connectivity index (χ1) is 16.6. The lowest BCUT2D eigenvalue weighted by Gasteiger charge is -2.14. The van der Waals surface area contributed by atoms with Gasteiger partial charge < -0.3 is 0 Å². The third-order valence-electron chi connectivity index (χ3n) is 6.20. The molecule has 0 radical (unpaired) electrons. The zero-order chi connectivity index (χ0) is 23.2. The molecule has 34 heavy (non-hydrogen) atoms. The van der Waals surface area contributed by atoms with Crippen LogP contribution < -0.4 is 11.1 Å². The SMILES string of the molecule is Cc1ccc(-n2c(SCn3nnc4ccccc4c3=O)nc3sc4c(c3c2=O)CCCC4)cc1. The third kappa shape index (κ3) is 3.56. The zero-order valence-corrected chi connectivity index (χ0v) is 20.2. The van der Waals surface area contributed by atoms with Crippen LogP contribution >= 0.6 is 23.1 Å². The molecule has 0 spiro atoms. The van der Waals surface area contributed by atoms with Crippen molar-refractivity contribution in [1.82, 2.24) is 24.5 Å². The summed E-state index contributed by atoms with van der Waals surface area (Å²) >= 11 is 2.94. The van der Waals surface area contributed by atoms with Crippen LogP contribution in [0.1, 0.15) is 28.8 Å². The summed E-state index contributed by atoms with van der Waals surface area (Å²) in [6, 6.07) is 15.0. The summed E-state index contributed by atoms with van der Waals surface area (Å²) in [6.45, 7) is 2.02. The molecule has 0 N–H and O–H groups in total. The minimum absolute atomic E-state index is 0.0484. The average molecular weight is 488 g/mol. The molecule has 3 aromatic heterocycles. The molecule has 0 unspecified atom stereocenters. The molecule has 5 aromatic rings. The fraction of sp³-hybridized carbons (Fsp3) is 0.240. The Morgan fingerprint density at radius 1 is 1.00 bits per heavy atom. The Bertz CT molecular complexity index is 1670. The summed E-state index contributed by atoms with van der Waals surface area (Å²) in [5, 5.41) is 10.1. The molecule has 0 saturated carbocycles. The molecule has 6 rings (SSSR count). The Labute approximate surface area is 203 Å². The molecule has 0 bridgehead atoms. The number of thioether (sulfide) groups is 1. The molecule has 9 heteroatoms. The summed E-state index contributed by atoms with van der Waals surface area (Å²) in [7, 11) is 0. The Morgan fingerprint density at radius 2 is 1.79 bits per heavy atom. The molecule has 2 aromatic carbocycles. The molecule has 170 valence electrons. The van der Waals surface area contributed by atoms with Crippen molar-refractivity contribution in [1.29, 1.82) is 0 Å². The first-order valence-corrected chi connectivity index (χ1v) is 13.0. The van der Waals surface area contributed by atoms with Gasteiger partial charge in [-0.05, 0) is 62.4 Å². The van der Waals surface area contributed by atoms with Crippen molar-refractivity contribution in [2.75, 3.05) is 0 Å². The van der Waals surface area contributed by atoms with Gasteiger partial charge in [-0.3, -0.25) is 14.2 Å². The molecule has 0 saturated heterocycles. The molecule has 3 heterocycles. The number of fused-ring (bicyclic) bond motifs is 4. The molecular formula is C25H21N5O2S2. The van der Waals surface area contributed by atoms with E-state index in [-0.39, 0.29) is 17.0 Å². The number of thiophene rings is 1. The quantitative estimate of drug-likeness (QED) is 0.274. The van der Waals surface area contributed by atoms with E-state index in [9.17, 15) is 9.59 Å². The largest absolute Gasteiger partial charge is 0.278 e. The van der Waals surface area contributed by atoms with Gasteiger partial charge in [-0.2, -0.15) is 4.68 Å². The van der Waals surface area contributed by atoms with E-state index in [0.29, 0.717) is 16.1 Å². The number of benzene rings is 2. The van der Waals surface area contributed by atoms with Gasteiger partial charge >= 0.3 is 0 Å². The van der Waals surface area contributed by atoms with Gasteiger partial charge in [0, 0.05) is 4.88 Å². The van der Waals surface area contributed by atoms with Gasteiger partial charge in [0.15, 0.2) is 5.16 Å². The van der Waals surface area contributed by atoms with Crippen LogP contribution in [0.15, 0.2) is 63.3 Å². The van der Waals surface area contributed by atoms with Gasteiger partial charge in [0.25, 0.3) is 11.1 Å². The minimum Gasteiger partial charge on any atom is -0.268 e. The summed E-state index contributed by atoms with van der Waals surface area (Å²) in [5.74, 6) is 0.200. The third-order valence-corrected chi connectivity index (χ3v) is 8.29. The fourth-order valence-corrected chi connectivity index (χ4v) is 6.62. The van der Waals surface area contributed by atoms with Gasteiger partial charge in [0.1, 0.15) is 10.3 Å². The van der Waals surface area contributed by atoms with Gasteiger partial charge in [-0.15, -0.1) is 16.4 Å². The molecular weight excluding hydrogens is 466 g/mol. The van der Waals surface area contributed by atoms with Crippen LogP contribution in [-0.4, -0.2) is 24.5 Å². The minimum atomic E-state index is -0.213. The van der Waals surface area contributed by atoms with E-state index >= 15 is 0 Å². The highest BCUT2D eigenvalue weighted by Crippen LogP contribution is 2.35. The second-order valence-corrected chi connectivity index (χ2v) is 10.4. The predicted octanol–water partition coefficient (Wildman–Crippen LogP) is 4.49. The molecule has 0 fully saturated rings. The van der Waals surface area contributed by atoms with Crippen LogP contribution in [0.5, 0.6) is 0 Å². The van der Waals surface area contributed by atoms with Crippen LogP contribution in [0, 0.1) is 6.92 Å². The Hall–Kier alpha value is -3.30. The van der Waals surface area contributed by atoms with Crippen molar-refractivity contribution < 1.29 is 0 Å². The molecule has 0 aliphatic heterocycles. The Morgan fingerprint density at radius 3 is 2.65 bits per heavy atom. The maximum Gasteiger partial charge on any atom is 0.278 e. The van der Waals surface area contributed by atoms with E-state index < -0.39 is 0 Å². The van der Waals surface area contributed by atoms with Crippen LogP contribution in [0.4, 0.5) is 0 Å². The highest BCUT2D eigenvalue weighted by molar-refractivity contribution is 7.98. The Kier molecular flexibility index (Phi) is 5.30. The van der Waals surface area contributed by atoms with Crippen molar-refractivity contribution in [3.05, 3.63) is 85.2 Å².